The van der Waals surface area contributed by atoms with Gasteiger partial charge in [0.05, 0.1) is 12.3 Å². The third-order valence-electron chi connectivity index (χ3n) is 6.16. The molecule has 0 bridgehead atoms. The monoisotopic (exact) mass is 504 g/mol. The maximum Gasteiger partial charge on any atom is 0.342 e. The number of aromatic hydroxyl groups is 3. The van der Waals surface area contributed by atoms with Crippen LogP contribution in [-0.4, -0.2) is 85.4 Å². The summed E-state index contributed by atoms with van der Waals surface area (Å²) in [6.45, 7) is 2.51. The number of hydrogen-bond acceptors (Lipinski definition) is 11. The van der Waals surface area contributed by atoms with Gasteiger partial charge in [0, 0.05) is 37.4 Å². The van der Waals surface area contributed by atoms with Gasteiger partial charge in [0.1, 0.15) is 24.0 Å². The summed E-state index contributed by atoms with van der Waals surface area (Å²) in [5, 5.41) is 55.9. The molecule has 0 saturated carbocycles. The predicted molar refractivity (Wildman–Crippen MR) is 123 cm³/mol. The number of fused-ring (bicyclic) bond motifs is 2. The fourth-order valence-electron chi connectivity index (χ4n) is 4.23. The van der Waals surface area contributed by atoms with Crippen LogP contribution in [0.1, 0.15) is 42.1 Å². The van der Waals surface area contributed by atoms with E-state index in [0.29, 0.717) is 19.5 Å². The lowest BCUT2D eigenvalue weighted by Gasteiger charge is -2.19. The van der Waals surface area contributed by atoms with Gasteiger partial charge in [-0.15, -0.1) is 0 Å². The molecule has 3 aliphatic heterocycles. The quantitative estimate of drug-likeness (QED) is 0.0982. The van der Waals surface area contributed by atoms with Gasteiger partial charge in [0.2, 0.25) is 17.5 Å². The number of aliphatic hydroxyl groups is 2. The Morgan fingerprint density at radius 1 is 1.19 bits per heavy atom. The van der Waals surface area contributed by atoms with Crippen LogP contribution in [-0.2, 0) is 25.5 Å². The number of phenolic OH excluding ortho intramolecular Hbond substituents is 3. The Morgan fingerprint density at radius 2 is 1.97 bits per heavy atom. The number of phenols is 3. The van der Waals surface area contributed by atoms with Crippen LogP contribution in [0.3, 0.4) is 0 Å². The number of allylic oxidation sites excluding steroid dienone is 3. The molecular weight excluding hydrogens is 476 g/mol. The zero-order valence-electron chi connectivity index (χ0n) is 19.6. The molecule has 0 spiro atoms. The fraction of sp³-hybridized carbons (Fsp3) is 0.458. The van der Waals surface area contributed by atoms with E-state index in [-0.39, 0.29) is 36.6 Å². The summed E-state index contributed by atoms with van der Waals surface area (Å²) in [6, 6.07) is 0.804. The van der Waals surface area contributed by atoms with Crippen LogP contribution in [0.15, 0.2) is 35.5 Å². The SMILES string of the molecule is C[C@@H]1C[C@@]2(O)O[C@]2(O)\C=C/C=C/C(=N\OCCN2CCCC2=O)Cc2c(O)c(O)cc(O)c2C(=O)O1. The van der Waals surface area contributed by atoms with E-state index < -0.39 is 46.5 Å². The average molecular weight is 504 g/mol. The van der Waals surface area contributed by atoms with Crippen molar-refractivity contribution in [2.24, 2.45) is 5.16 Å². The molecule has 0 radical (unpaired) electrons. The lowest BCUT2D eigenvalue weighted by Crippen LogP contribution is -2.30. The van der Waals surface area contributed by atoms with Gasteiger partial charge in [-0.1, -0.05) is 17.3 Å². The second kappa shape index (κ2) is 9.80. The highest BCUT2D eigenvalue weighted by molar-refractivity contribution is 6.01. The fourth-order valence-corrected chi connectivity index (χ4v) is 4.23. The van der Waals surface area contributed by atoms with Crippen LogP contribution >= 0.6 is 0 Å². The van der Waals surface area contributed by atoms with Crippen molar-refractivity contribution in [1.82, 2.24) is 4.90 Å². The number of hydrogen-bond donors (Lipinski definition) is 5. The molecule has 4 rings (SSSR count). The number of nitrogens with zero attached hydrogens (tertiary/aromatic N) is 2. The van der Waals surface area contributed by atoms with Gasteiger partial charge < -0.3 is 44.7 Å². The van der Waals surface area contributed by atoms with E-state index in [1.807, 2.05) is 0 Å². The van der Waals surface area contributed by atoms with Crippen molar-refractivity contribution in [1.29, 1.82) is 0 Å². The topological polar surface area (TPSA) is 182 Å². The van der Waals surface area contributed by atoms with Crippen LogP contribution in [0.2, 0.25) is 0 Å². The number of ether oxygens (including phenoxy) is 2. The van der Waals surface area contributed by atoms with Crippen LogP contribution in [0.4, 0.5) is 0 Å². The number of epoxide rings is 1. The summed E-state index contributed by atoms with van der Waals surface area (Å²) >= 11 is 0. The van der Waals surface area contributed by atoms with Crippen molar-refractivity contribution >= 4 is 17.6 Å². The number of carbonyl (C=O) groups is 2. The largest absolute Gasteiger partial charge is 0.507 e. The standard InChI is InChI=1S/C24H28N2O10/c1-14-13-24(33)23(32,36-24)7-3-2-5-15(25-34-10-9-26-8-4-6-19(26)29)11-16-20(22(31)35-14)17(27)12-18(28)21(16)30/h2-3,5,7,12,14,27-28,30,32-33H,4,6,8-11,13H2,1H3/b5-2+,7-3-,25-15+/t14-,23-,24-/m1/s1. The first-order valence-corrected chi connectivity index (χ1v) is 11.5. The minimum absolute atomic E-state index is 0.0343. The Bertz CT molecular complexity index is 1150. The first-order chi connectivity index (χ1) is 17.0. The molecule has 12 nitrogen and oxygen atoms in total. The normalized spacial score (nSPS) is 31.2. The number of esters is 1. The van der Waals surface area contributed by atoms with Crippen molar-refractivity contribution in [2.75, 3.05) is 19.7 Å². The molecule has 194 valence electrons. The Morgan fingerprint density at radius 3 is 2.69 bits per heavy atom. The molecule has 3 heterocycles. The Kier molecular flexibility index (Phi) is 6.94. The summed E-state index contributed by atoms with van der Waals surface area (Å²) in [4.78, 5) is 31.7. The first-order valence-electron chi connectivity index (χ1n) is 11.5. The minimum atomic E-state index is -1.99. The number of carbonyl (C=O) groups excluding carboxylic acids is 2. The van der Waals surface area contributed by atoms with Gasteiger partial charge in [-0.2, -0.15) is 0 Å². The number of benzene rings is 1. The van der Waals surface area contributed by atoms with Crippen molar-refractivity contribution in [3.05, 3.63) is 41.5 Å². The number of amides is 1. The lowest BCUT2D eigenvalue weighted by molar-refractivity contribution is -0.128. The van der Waals surface area contributed by atoms with Crippen LogP contribution in [0, 0.1) is 0 Å². The molecule has 0 aromatic heterocycles. The molecule has 0 aliphatic carbocycles. The zero-order chi connectivity index (χ0) is 26.1. The zero-order valence-corrected chi connectivity index (χ0v) is 19.6. The van der Waals surface area contributed by atoms with Crippen LogP contribution < -0.4 is 0 Å². The summed E-state index contributed by atoms with van der Waals surface area (Å²) in [6.07, 6.45) is 5.29. The first kappa shape index (κ1) is 25.5. The Balaban J connectivity index is 1.65. The van der Waals surface area contributed by atoms with Gasteiger partial charge in [-0.3, -0.25) is 4.79 Å². The molecule has 1 amide bonds. The maximum atomic E-state index is 12.9. The smallest absolute Gasteiger partial charge is 0.342 e. The summed E-state index contributed by atoms with van der Waals surface area (Å²) in [7, 11) is 0. The number of oxime groups is 1. The molecule has 0 unspecified atom stereocenters. The van der Waals surface area contributed by atoms with Crippen molar-refractivity contribution in [3.63, 3.8) is 0 Å². The summed E-state index contributed by atoms with van der Waals surface area (Å²) in [5.41, 5.74) is -0.413. The minimum Gasteiger partial charge on any atom is -0.507 e. The van der Waals surface area contributed by atoms with Gasteiger partial charge in [0.15, 0.2) is 11.5 Å². The van der Waals surface area contributed by atoms with E-state index in [0.717, 1.165) is 12.5 Å². The van der Waals surface area contributed by atoms with Gasteiger partial charge >= 0.3 is 5.97 Å². The molecule has 1 aromatic rings. The molecule has 3 aliphatic rings. The van der Waals surface area contributed by atoms with Gasteiger partial charge in [0.25, 0.3) is 0 Å². The summed E-state index contributed by atoms with van der Waals surface area (Å²) < 4.78 is 10.4. The number of likely N-dealkylation sites (tertiary alicyclic amines) is 1. The van der Waals surface area contributed by atoms with Crippen LogP contribution in [0.5, 0.6) is 17.2 Å². The highest BCUT2D eigenvalue weighted by Gasteiger charge is 2.68. The van der Waals surface area contributed by atoms with E-state index in [2.05, 4.69) is 5.16 Å². The predicted octanol–water partition coefficient (Wildman–Crippen LogP) is 0.810. The van der Waals surface area contributed by atoms with Crippen LogP contribution in [0.25, 0.3) is 0 Å². The van der Waals surface area contributed by atoms with E-state index in [1.165, 1.54) is 31.2 Å². The van der Waals surface area contributed by atoms with Crippen molar-refractivity contribution in [2.45, 2.75) is 50.3 Å². The molecule has 5 N–H and O–H groups in total. The lowest BCUT2D eigenvalue weighted by atomic mass is 9.98. The highest BCUT2D eigenvalue weighted by atomic mass is 16.8. The molecule has 2 fully saturated rings. The molecule has 3 atom stereocenters. The van der Waals surface area contributed by atoms with E-state index >= 15 is 0 Å². The van der Waals surface area contributed by atoms with E-state index in [4.69, 9.17) is 14.3 Å². The third kappa shape index (κ3) is 5.15. The molecular formula is C24H28N2O10. The molecule has 12 heteroatoms. The molecule has 2 saturated heterocycles. The van der Waals surface area contributed by atoms with Gasteiger partial charge in [-0.25, -0.2) is 4.79 Å². The second-order valence-electron chi connectivity index (χ2n) is 8.92. The number of cyclic esters (lactones) is 1. The summed E-state index contributed by atoms with van der Waals surface area (Å²) in [5.74, 6) is -6.93. The third-order valence-corrected chi connectivity index (χ3v) is 6.16. The Hall–Kier alpha value is -3.61. The second-order valence-corrected chi connectivity index (χ2v) is 8.92. The van der Waals surface area contributed by atoms with E-state index in [9.17, 15) is 35.1 Å². The van der Waals surface area contributed by atoms with Gasteiger partial charge in [-0.05, 0) is 25.5 Å². The highest BCUT2D eigenvalue weighted by Crippen LogP contribution is 2.48. The number of rotatable bonds is 4. The van der Waals surface area contributed by atoms with E-state index in [1.54, 1.807) is 4.90 Å². The van der Waals surface area contributed by atoms with Crippen molar-refractivity contribution in [3.8, 4) is 17.2 Å². The molecule has 36 heavy (non-hydrogen) atoms. The Labute approximate surface area is 206 Å². The maximum absolute atomic E-state index is 12.9. The average Bonchev–Trinajstić information content (AvgIpc) is 3.08. The molecule has 1 aromatic carbocycles. The van der Waals surface area contributed by atoms with Crippen molar-refractivity contribution < 1.29 is 49.4 Å².